The maximum Gasteiger partial charge on any atom is 0.348 e. The van der Waals surface area contributed by atoms with Crippen LogP contribution < -0.4 is 4.57 Å². The molecule has 0 atom stereocenters. The average molecular weight is 405 g/mol. The fourth-order valence-corrected chi connectivity index (χ4v) is 2.94. The largest absolute Gasteiger partial charge is 0.748 e. The van der Waals surface area contributed by atoms with E-state index >= 15 is 0 Å². The summed E-state index contributed by atoms with van der Waals surface area (Å²) in [7, 11) is -2.05. The molecule has 0 saturated carbocycles. The third-order valence-corrected chi connectivity index (χ3v) is 4.68. The summed E-state index contributed by atoms with van der Waals surface area (Å²) < 4.78 is 39.3. The Balaban J connectivity index is 0.000000516. The Kier molecular flexibility index (Phi) is 14.8. The fourth-order valence-electron chi connectivity index (χ4n) is 2.39. The van der Waals surface area contributed by atoms with Crippen LogP contribution in [0.3, 0.4) is 0 Å². The summed E-state index contributed by atoms with van der Waals surface area (Å²) >= 11 is 0. The lowest BCUT2D eigenvalue weighted by atomic mass is 10.1. The second-order valence-corrected chi connectivity index (χ2v) is 8.23. The molecule has 0 bridgehead atoms. The minimum absolute atomic E-state index is 0.165. The molecule has 1 rings (SSSR count). The summed E-state index contributed by atoms with van der Waals surface area (Å²) in [5, 5.41) is 0. The van der Waals surface area contributed by atoms with Gasteiger partial charge in [0.05, 0.1) is 23.8 Å². The second kappa shape index (κ2) is 15.6. The highest BCUT2D eigenvalue weighted by molar-refractivity contribution is 7.85. The molecule has 0 radical (unpaired) electrons. The summed E-state index contributed by atoms with van der Waals surface area (Å²) in [6.07, 6.45) is 14.8. The zero-order chi connectivity index (χ0) is 20.5. The van der Waals surface area contributed by atoms with Crippen molar-refractivity contribution in [2.75, 3.05) is 12.4 Å². The van der Waals surface area contributed by atoms with E-state index in [1.807, 2.05) is 34.9 Å². The first kappa shape index (κ1) is 25.6. The van der Waals surface area contributed by atoms with Crippen LogP contribution in [-0.4, -0.2) is 35.9 Å². The van der Waals surface area contributed by atoms with Crippen molar-refractivity contribution >= 4 is 16.1 Å². The molecular formula is C19H36N2O5S. The molecule has 0 N–H and O–H groups in total. The molecule has 0 amide bonds. The molecule has 8 heteroatoms. The summed E-state index contributed by atoms with van der Waals surface area (Å²) in [4.78, 5) is 11.3. The molecule has 27 heavy (non-hydrogen) atoms. The van der Waals surface area contributed by atoms with Crippen molar-refractivity contribution in [3.63, 3.8) is 0 Å². The van der Waals surface area contributed by atoms with Gasteiger partial charge in [0.25, 0.3) is 0 Å². The Morgan fingerprint density at radius 2 is 1.63 bits per heavy atom. The van der Waals surface area contributed by atoms with Crippen LogP contribution in [0.1, 0.15) is 71.6 Å². The Morgan fingerprint density at radius 1 is 1.04 bits per heavy atom. The Morgan fingerprint density at radius 3 is 2.19 bits per heavy atom. The molecule has 7 nitrogen and oxygen atoms in total. The Bertz CT molecular complexity index is 599. The number of hydrogen-bond acceptors (Lipinski definition) is 5. The summed E-state index contributed by atoms with van der Waals surface area (Å²) in [5.41, 5.74) is 0. The molecule has 0 aliphatic rings. The fraction of sp³-hybridized carbons (Fsp3) is 0.789. The number of carbonyl (C=O) groups is 1. The topological polar surface area (TPSA) is 92.3 Å². The van der Waals surface area contributed by atoms with E-state index in [1.165, 1.54) is 12.8 Å². The maximum atomic E-state index is 11.3. The predicted octanol–water partition coefficient (Wildman–Crippen LogP) is 2.94. The number of ether oxygens (including phenoxy) is 1. The third kappa shape index (κ3) is 17.7. The average Bonchev–Trinajstić information content (AvgIpc) is 2.99. The third-order valence-electron chi connectivity index (χ3n) is 3.89. The summed E-state index contributed by atoms with van der Waals surface area (Å²) in [5.74, 6) is -0.360. The van der Waals surface area contributed by atoms with E-state index in [9.17, 15) is 17.8 Å². The highest BCUT2D eigenvalue weighted by Gasteiger charge is 2.08. The van der Waals surface area contributed by atoms with E-state index in [0.29, 0.717) is 19.6 Å². The van der Waals surface area contributed by atoms with Gasteiger partial charge in [0, 0.05) is 5.75 Å². The van der Waals surface area contributed by atoms with Gasteiger partial charge in [-0.1, -0.05) is 58.8 Å². The number of carbonyl (C=O) groups excluding carboxylic acids is 1. The van der Waals surface area contributed by atoms with Crippen LogP contribution in [0.25, 0.3) is 0 Å². The lowest BCUT2D eigenvalue weighted by Crippen LogP contribution is -2.24. The van der Waals surface area contributed by atoms with Gasteiger partial charge in [-0.15, -0.1) is 0 Å². The number of rotatable bonds is 13. The first-order chi connectivity index (χ1) is 12.8. The number of unbranched alkanes of at least 4 members (excludes halogenated alkanes) is 7. The molecule has 1 aromatic rings. The van der Waals surface area contributed by atoms with E-state index < -0.39 is 10.1 Å². The molecule has 0 spiro atoms. The zero-order valence-electron chi connectivity index (χ0n) is 17.1. The molecule has 0 unspecified atom stereocenters. The minimum atomic E-state index is -3.97. The van der Waals surface area contributed by atoms with Crippen molar-refractivity contribution in [2.24, 2.45) is 7.05 Å². The molecule has 1 aromatic heterocycles. The smallest absolute Gasteiger partial charge is 0.348 e. The quantitative estimate of drug-likeness (QED) is 0.218. The van der Waals surface area contributed by atoms with Crippen LogP contribution in [0, 0.1) is 0 Å². The molecule has 0 saturated heterocycles. The van der Waals surface area contributed by atoms with Crippen LogP contribution in [0.2, 0.25) is 0 Å². The SMILES string of the molecule is CCCCCCCCS(=O)(=O)[O-].CCCCCOC(=O)Cn1cc[n+](C)c1. The highest BCUT2D eigenvalue weighted by atomic mass is 32.2. The van der Waals surface area contributed by atoms with Gasteiger partial charge in [-0.2, -0.15) is 0 Å². The van der Waals surface area contributed by atoms with Crippen molar-refractivity contribution in [1.82, 2.24) is 4.57 Å². The zero-order valence-corrected chi connectivity index (χ0v) is 17.9. The Labute approximate surface area is 164 Å². The molecule has 0 aliphatic carbocycles. The van der Waals surface area contributed by atoms with Gasteiger partial charge in [-0.05, 0) is 12.8 Å². The van der Waals surface area contributed by atoms with Crippen LogP contribution in [0.5, 0.6) is 0 Å². The molecule has 1 heterocycles. The van der Waals surface area contributed by atoms with Gasteiger partial charge in [0.2, 0.25) is 6.33 Å². The van der Waals surface area contributed by atoms with Crippen molar-refractivity contribution < 1.29 is 27.1 Å². The van der Waals surface area contributed by atoms with Crippen LogP contribution in [0.15, 0.2) is 18.7 Å². The van der Waals surface area contributed by atoms with Gasteiger partial charge < -0.3 is 9.29 Å². The van der Waals surface area contributed by atoms with Gasteiger partial charge in [0.15, 0.2) is 6.54 Å². The van der Waals surface area contributed by atoms with E-state index in [0.717, 1.165) is 38.5 Å². The Hall–Kier alpha value is -1.41. The summed E-state index contributed by atoms with van der Waals surface area (Å²) in [6.45, 7) is 5.09. The van der Waals surface area contributed by atoms with Crippen LogP contribution in [-0.2, 0) is 33.2 Å². The first-order valence-corrected chi connectivity index (χ1v) is 11.5. The molecular weight excluding hydrogens is 368 g/mol. The van der Waals surface area contributed by atoms with Crippen LogP contribution in [0.4, 0.5) is 0 Å². The number of aromatic nitrogens is 2. The number of esters is 1. The van der Waals surface area contributed by atoms with Gasteiger partial charge in [-0.3, -0.25) is 0 Å². The van der Waals surface area contributed by atoms with Gasteiger partial charge in [-0.25, -0.2) is 22.3 Å². The summed E-state index contributed by atoms with van der Waals surface area (Å²) in [6, 6.07) is 0. The predicted molar refractivity (Wildman–Crippen MR) is 104 cm³/mol. The van der Waals surface area contributed by atoms with Crippen LogP contribution >= 0.6 is 0 Å². The lowest BCUT2D eigenvalue weighted by molar-refractivity contribution is -0.671. The first-order valence-electron chi connectivity index (χ1n) is 9.88. The molecule has 0 aromatic carbocycles. The normalized spacial score (nSPS) is 11.0. The van der Waals surface area contributed by atoms with Gasteiger partial charge in [0.1, 0.15) is 12.4 Å². The lowest BCUT2D eigenvalue weighted by Gasteiger charge is -2.05. The minimum Gasteiger partial charge on any atom is -0.748 e. The number of imidazole rings is 1. The van der Waals surface area contributed by atoms with Crippen molar-refractivity contribution in [3.05, 3.63) is 18.7 Å². The van der Waals surface area contributed by atoms with E-state index in [1.54, 1.807) is 0 Å². The molecule has 158 valence electrons. The van der Waals surface area contributed by atoms with Crippen molar-refractivity contribution in [3.8, 4) is 0 Å². The van der Waals surface area contributed by atoms with Crippen molar-refractivity contribution in [2.45, 2.75) is 78.2 Å². The van der Waals surface area contributed by atoms with E-state index in [4.69, 9.17) is 4.74 Å². The van der Waals surface area contributed by atoms with E-state index in [2.05, 4.69) is 13.8 Å². The highest BCUT2D eigenvalue weighted by Crippen LogP contribution is 2.05. The monoisotopic (exact) mass is 404 g/mol. The standard InChI is InChI=1S/C11H19N2O2.C8H18O3S/c1-3-4-5-8-15-11(14)9-13-7-6-12(2)10-13;1-2-3-4-5-6-7-8-12(9,10)11/h6-7,10H,3-5,8-9H2,1-2H3;2-8H2,1H3,(H,9,10,11)/q+1;/p-1. The maximum absolute atomic E-state index is 11.3. The van der Waals surface area contributed by atoms with Crippen molar-refractivity contribution in [1.29, 1.82) is 0 Å². The number of aryl methyl sites for hydroxylation is 1. The molecule has 0 fully saturated rings. The molecule has 0 aliphatic heterocycles. The number of nitrogens with zero attached hydrogens (tertiary/aromatic N) is 2. The van der Waals surface area contributed by atoms with E-state index in [-0.39, 0.29) is 11.7 Å². The number of hydrogen-bond donors (Lipinski definition) is 0. The van der Waals surface area contributed by atoms with Gasteiger partial charge >= 0.3 is 5.97 Å². The second-order valence-electron chi connectivity index (χ2n) is 6.71.